The molecule has 2 amide bonds. The maximum atomic E-state index is 13.2. The zero-order chi connectivity index (χ0) is 23.7. The maximum absolute atomic E-state index is 13.2. The average Bonchev–Trinajstić information content (AvgIpc) is 2.85. The second kappa shape index (κ2) is 9.88. The van der Waals surface area contributed by atoms with E-state index in [4.69, 9.17) is 0 Å². The summed E-state index contributed by atoms with van der Waals surface area (Å²) in [5, 5.41) is 10.8. The smallest absolute Gasteiger partial charge is 0.254 e. The van der Waals surface area contributed by atoms with Crippen LogP contribution in [0, 0.1) is 0 Å². The van der Waals surface area contributed by atoms with Crippen molar-refractivity contribution in [3.63, 3.8) is 0 Å². The molecule has 6 heteroatoms. The van der Waals surface area contributed by atoms with Gasteiger partial charge in [0.25, 0.3) is 5.91 Å². The van der Waals surface area contributed by atoms with E-state index in [1.165, 1.54) is 16.7 Å². The van der Waals surface area contributed by atoms with Crippen molar-refractivity contribution in [1.29, 1.82) is 0 Å². The summed E-state index contributed by atoms with van der Waals surface area (Å²) in [7, 11) is 0. The molecule has 3 aliphatic rings. The van der Waals surface area contributed by atoms with E-state index in [1.54, 1.807) is 6.92 Å². The van der Waals surface area contributed by atoms with E-state index in [1.807, 2.05) is 15.9 Å². The predicted molar refractivity (Wildman–Crippen MR) is 132 cm³/mol. The molecule has 0 aliphatic carbocycles. The number of hydrogen-bond acceptors (Lipinski definition) is 4. The molecule has 0 aromatic heterocycles. The van der Waals surface area contributed by atoms with Gasteiger partial charge in [0.2, 0.25) is 5.91 Å². The number of carbonyl (C=O) groups is 2. The number of likely N-dealkylation sites (tertiary alicyclic amines) is 1. The Bertz CT molecular complexity index is 1060. The Kier molecular flexibility index (Phi) is 6.70. The normalized spacial score (nSPS) is 20.1. The van der Waals surface area contributed by atoms with Crippen molar-refractivity contribution in [2.75, 3.05) is 39.3 Å². The first kappa shape index (κ1) is 23.1. The summed E-state index contributed by atoms with van der Waals surface area (Å²) in [6.45, 7) is 6.67. The van der Waals surface area contributed by atoms with Gasteiger partial charge in [0.15, 0.2) is 0 Å². The van der Waals surface area contributed by atoms with Crippen molar-refractivity contribution >= 4 is 11.8 Å². The molecule has 1 saturated heterocycles. The number of hydrogen-bond donors (Lipinski definition) is 1. The van der Waals surface area contributed by atoms with E-state index < -0.39 is 6.10 Å². The Balaban J connectivity index is 1.17. The molecule has 1 atom stereocenters. The van der Waals surface area contributed by atoms with E-state index in [-0.39, 0.29) is 11.8 Å². The number of carbonyl (C=O) groups excluding carboxylic acids is 2. The molecule has 1 fully saturated rings. The first-order valence-corrected chi connectivity index (χ1v) is 12.6. The van der Waals surface area contributed by atoms with E-state index in [2.05, 4.69) is 41.3 Å². The molecule has 2 aromatic rings. The predicted octanol–water partition coefficient (Wildman–Crippen LogP) is 2.83. The van der Waals surface area contributed by atoms with Crippen molar-refractivity contribution in [3.05, 3.63) is 70.3 Å². The maximum Gasteiger partial charge on any atom is 0.254 e. The highest BCUT2D eigenvalue weighted by Crippen LogP contribution is 2.31. The molecule has 3 aliphatic heterocycles. The lowest BCUT2D eigenvalue weighted by molar-refractivity contribution is -0.129. The molecule has 0 unspecified atom stereocenters. The lowest BCUT2D eigenvalue weighted by Crippen LogP contribution is -2.46. The minimum absolute atomic E-state index is 0.0299. The monoisotopic (exact) mass is 461 g/mol. The van der Waals surface area contributed by atoms with Crippen LogP contribution in [0.4, 0.5) is 0 Å². The number of piperidine rings is 1. The van der Waals surface area contributed by atoms with Crippen LogP contribution in [0.15, 0.2) is 42.5 Å². The van der Waals surface area contributed by atoms with Crippen LogP contribution in [-0.2, 0) is 24.2 Å². The molecule has 2 aromatic carbocycles. The summed E-state index contributed by atoms with van der Waals surface area (Å²) in [6, 6.07) is 14.8. The fourth-order valence-corrected chi connectivity index (χ4v) is 5.83. The van der Waals surface area contributed by atoms with Crippen LogP contribution in [0.2, 0.25) is 0 Å². The Morgan fingerprint density at radius 1 is 0.971 bits per heavy atom. The van der Waals surface area contributed by atoms with E-state index in [9.17, 15) is 14.7 Å². The van der Waals surface area contributed by atoms with Crippen LogP contribution in [0.1, 0.15) is 58.3 Å². The van der Waals surface area contributed by atoms with Crippen LogP contribution in [-0.4, -0.2) is 77.0 Å². The first-order chi connectivity index (χ1) is 16.5. The van der Waals surface area contributed by atoms with E-state index in [0.29, 0.717) is 25.6 Å². The van der Waals surface area contributed by atoms with Gasteiger partial charge in [0, 0.05) is 58.3 Å². The van der Waals surface area contributed by atoms with Gasteiger partial charge in [-0.3, -0.25) is 14.5 Å². The van der Waals surface area contributed by atoms with Crippen molar-refractivity contribution in [2.45, 2.75) is 51.2 Å². The van der Waals surface area contributed by atoms with Gasteiger partial charge in [-0.2, -0.15) is 0 Å². The van der Waals surface area contributed by atoms with Gasteiger partial charge in [-0.1, -0.05) is 36.4 Å². The Labute approximate surface area is 202 Å². The van der Waals surface area contributed by atoms with Gasteiger partial charge >= 0.3 is 0 Å². The van der Waals surface area contributed by atoms with Gasteiger partial charge in [-0.05, 0) is 59.9 Å². The highest BCUT2D eigenvalue weighted by atomic mass is 16.3. The van der Waals surface area contributed by atoms with Gasteiger partial charge in [-0.15, -0.1) is 0 Å². The minimum atomic E-state index is -0.554. The molecule has 180 valence electrons. The molecule has 6 nitrogen and oxygen atoms in total. The SMILES string of the molecule is CC(=O)N1CCC(c2ccc3c(c2)CCN(C[C@H](O)CN2CCc4ccccc4C2)C3=O)CC1. The van der Waals surface area contributed by atoms with Crippen molar-refractivity contribution < 1.29 is 14.7 Å². The highest BCUT2D eigenvalue weighted by Gasteiger charge is 2.29. The van der Waals surface area contributed by atoms with E-state index in [0.717, 1.165) is 63.0 Å². The largest absolute Gasteiger partial charge is 0.390 e. The van der Waals surface area contributed by atoms with Crippen molar-refractivity contribution in [3.8, 4) is 0 Å². The molecule has 0 spiro atoms. The third kappa shape index (κ3) is 4.89. The topological polar surface area (TPSA) is 64.1 Å². The summed E-state index contributed by atoms with van der Waals surface area (Å²) in [4.78, 5) is 30.8. The lowest BCUT2D eigenvalue weighted by Gasteiger charge is -2.35. The van der Waals surface area contributed by atoms with Crippen LogP contribution in [0.5, 0.6) is 0 Å². The molecule has 0 radical (unpaired) electrons. The summed E-state index contributed by atoms with van der Waals surface area (Å²) < 4.78 is 0. The number of benzene rings is 2. The summed E-state index contributed by atoms with van der Waals surface area (Å²) >= 11 is 0. The number of rotatable bonds is 5. The van der Waals surface area contributed by atoms with Crippen LogP contribution in [0.25, 0.3) is 0 Å². The number of nitrogens with zero attached hydrogens (tertiary/aromatic N) is 3. The number of fused-ring (bicyclic) bond motifs is 2. The highest BCUT2D eigenvalue weighted by molar-refractivity contribution is 5.96. The molecule has 5 rings (SSSR count). The third-order valence-electron chi connectivity index (χ3n) is 7.82. The second-order valence-electron chi connectivity index (χ2n) is 10.1. The molecule has 1 N–H and O–H groups in total. The number of aliphatic hydroxyl groups is 1. The Hall–Kier alpha value is -2.70. The van der Waals surface area contributed by atoms with Crippen molar-refractivity contribution in [2.24, 2.45) is 0 Å². The third-order valence-corrected chi connectivity index (χ3v) is 7.82. The number of amides is 2. The number of β-amino-alcohol motifs (C(OH)–C–C–N with tert-alkyl or cyclic N) is 1. The molecular weight excluding hydrogens is 426 g/mol. The fraction of sp³-hybridized carbons (Fsp3) is 0.500. The van der Waals surface area contributed by atoms with Gasteiger partial charge in [0.05, 0.1) is 6.10 Å². The van der Waals surface area contributed by atoms with Crippen LogP contribution < -0.4 is 0 Å². The van der Waals surface area contributed by atoms with Gasteiger partial charge in [-0.25, -0.2) is 0 Å². The minimum Gasteiger partial charge on any atom is -0.390 e. The number of aliphatic hydroxyl groups excluding tert-OH is 1. The Morgan fingerprint density at radius 2 is 1.71 bits per heavy atom. The van der Waals surface area contributed by atoms with Crippen LogP contribution in [0.3, 0.4) is 0 Å². The summed E-state index contributed by atoms with van der Waals surface area (Å²) in [5.74, 6) is 0.634. The zero-order valence-electron chi connectivity index (χ0n) is 20.1. The molecule has 0 bridgehead atoms. The van der Waals surface area contributed by atoms with Crippen molar-refractivity contribution in [1.82, 2.24) is 14.7 Å². The summed E-state index contributed by atoms with van der Waals surface area (Å²) in [6.07, 6.45) is 3.23. The molecule has 34 heavy (non-hydrogen) atoms. The van der Waals surface area contributed by atoms with Gasteiger partial charge < -0.3 is 14.9 Å². The standard InChI is InChI=1S/C28H35N3O3/c1-20(32)30-13-9-22(10-14-30)23-6-7-27-24(16-23)11-15-31(28(27)34)19-26(33)18-29-12-8-21-4-2-3-5-25(21)17-29/h2-7,16,22,26,33H,8-15,17-19H2,1H3/t26-/m1/s1. The molecule has 3 heterocycles. The molecule has 0 saturated carbocycles. The first-order valence-electron chi connectivity index (χ1n) is 12.6. The zero-order valence-corrected chi connectivity index (χ0v) is 20.1. The second-order valence-corrected chi connectivity index (χ2v) is 10.1. The van der Waals surface area contributed by atoms with E-state index >= 15 is 0 Å². The van der Waals surface area contributed by atoms with Gasteiger partial charge in [0.1, 0.15) is 0 Å². The lowest BCUT2D eigenvalue weighted by atomic mass is 9.86. The fourth-order valence-electron chi connectivity index (χ4n) is 5.83. The Morgan fingerprint density at radius 3 is 2.47 bits per heavy atom. The summed E-state index contributed by atoms with van der Waals surface area (Å²) in [5.41, 5.74) is 5.92. The average molecular weight is 462 g/mol. The van der Waals surface area contributed by atoms with Crippen LogP contribution >= 0.6 is 0 Å². The molecular formula is C28H35N3O3. The quantitative estimate of drug-likeness (QED) is 0.744.